The summed E-state index contributed by atoms with van der Waals surface area (Å²) in [7, 11) is 1.69. The monoisotopic (exact) mass is 354 g/mol. The largest absolute Gasteiger partial charge is 0.382 e. The first kappa shape index (κ1) is 20.0. The van der Waals surface area contributed by atoms with Crippen LogP contribution >= 0.6 is 0 Å². The lowest BCUT2D eigenvalue weighted by molar-refractivity contribution is -0.127. The summed E-state index contributed by atoms with van der Waals surface area (Å²) in [6.45, 7) is 9.59. The molecule has 0 aromatic carbocycles. The number of nitrogens with zero attached hydrogens (tertiary/aromatic N) is 3. The number of aliphatic imine (C=N–C) groups is 1. The number of hydrogen-bond acceptors (Lipinski definition) is 4. The van der Waals surface area contributed by atoms with E-state index in [1.807, 2.05) is 4.90 Å². The maximum Gasteiger partial charge on any atom is 0.222 e. The Morgan fingerprint density at radius 1 is 1.36 bits per heavy atom. The Bertz CT molecular complexity index is 431. The number of ether oxygens (including phenoxy) is 2. The molecule has 0 spiro atoms. The van der Waals surface area contributed by atoms with Gasteiger partial charge in [0.05, 0.1) is 19.8 Å². The number of rotatable bonds is 10. The van der Waals surface area contributed by atoms with E-state index >= 15 is 0 Å². The highest BCUT2D eigenvalue weighted by molar-refractivity contribution is 5.80. The van der Waals surface area contributed by atoms with E-state index in [0.29, 0.717) is 31.5 Å². The number of amides is 1. The minimum absolute atomic E-state index is 0.298. The molecule has 2 aliphatic rings. The van der Waals surface area contributed by atoms with Crippen molar-refractivity contribution in [2.24, 2.45) is 10.9 Å². The van der Waals surface area contributed by atoms with Crippen molar-refractivity contribution in [3.8, 4) is 0 Å². The molecule has 2 heterocycles. The van der Waals surface area contributed by atoms with Gasteiger partial charge in [0.25, 0.3) is 0 Å². The molecule has 2 aliphatic heterocycles. The maximum atomic E-state index is 11.6. The Morgan fingerprint density at radius 3 is 2.96 bits per heavy atom. The van der Waals surface area contributed by atoms with Crippen LogP contribution in [0.3, 0.4) is 0 Å². The number of methoxy groups -OCH3 is 1. The van der Waals surface area contributed by atoms with Gasteiger partial charge in [0.2, 0.25) is 5.91 Å². The van der Waals surface area contributed by atoms with Gasteiger partial charge in [-0.15, -0.1) is 0 Å². The molecule has 0 radical (unpaired) electrons. The Hall–Kier alpha value is -1.34. The fourth-order valence-electron chi connectivity index (χ4n) is 3.37. The minimum atomic E-state index is 0.298. The van der Waals surface area contributed by atoms with E-state index in [9.17, 15) is 4.79 Å². The predicted molar refractivity (Wildman–Crippen MR) is 98.8 cm³/mol. The van der Waals surface area contributed by atoms with Crippen molar-refractivity contribution in [1.82, 2.24) is 15.1 Å². The number of nitrogens with one attached hydrogen (secondary N) is 1. The van der Waals surface area contributed by atoms with Crippen molar-refractivity contribution in [1.29, 1.82) is 0 Å². The average molecular weight is 354 g/mol. The first-order chi connectivity index (χ1) is 12.2. The highest BCUT2D eigenvalue weighted by Crippen LogP contribution is 2.17. The van der Waals surface area contributed by atoms with Crippen molar-refractivity contribution in [2.45, 2.75) is 32.6 Å². The summed E-state index contributed by atoms with van der Waals surface area (Å²) in [5.74, 6) is 1.85. The van der Waals surface area contributed by atoms with Crippen molar-refractivity contribution in [3.05, 3.63) is 0 Å². The van der Waals surface area contributed by atoms with Crippen LogP contribution in [0.15, 0.2) is 4.99 Å². The summed E-state index contributed by atoms with van der Waals surface area (Å²) in [4.78, 5) is 20.7. The van der Waals surface area contributed by atoms with Crippen LogP contribution < -0.4 is 5.32 Å². The lowest BCUT2D eigenvalue weighted by Crippen LogP contribution is -2.40. The van der Waals surface area contributed by atoms with Crippen molar-refractivity contribution in [3.63, 3.8) is 0 Å². The molecule has 1 amide bonds. The second-order valence-electron chi connectivity index (χ2n) is 6.74. The second kappa shape index (κ2) is 11.3. The van der Waals surface area contributed by atoms with E-state index in [-0.39, 0.29) is 0 Å². The third kappa shape index (κ3) is 6.82. The Morgan fingerprint density at radius 2 is 2.24 bits per heavy atom. The molecule has 0 aromatic rings. The summed E-state index contributed by atoms with van der Waals surface area (Å²) >= 11 is 0. The molecule has 1 N–H and O–H groups in total. The quantitative estimate of drug-likeness (QED) is 0.359. The van der Waals surface area contributed by atoms with Gasteiger partial charge < -0.3 is 24.6 Å². The van der Waals surface area contributed by atoms with Crippen LogP contribution in [-0.4, -0.2) is 87.9 Å². The van der Waals surface area contributed by atoms with Crippen LogP contribution in [0.4, 0.5) is 0 Å². The van der Waals surface area contributed by atoms with Gasteiger partial charge in [-0.3, -0.25) is 9.79 Å². The highest BCUT2D eigenvalue weighted by atomic mass is 16.5. The van der Waals surface area contributed by atoms with Gasteiger partial charge in [0.1, 0.15) is 0 Å². The molecule has 25 heavy (non-hydrogen) atoms. The molecule has 144 valence electrons. The zero-order valence-electron chi connectivity index (χ0n) is 15.8. The van der Waals surface area contributed by atoms with Gasteiger partial charge in [-0.25, -0.2) is 0 Å². The maximum absolute atomic E-state index is 11.6. The molecule has 7 nitrogen and oxygen atoms in total. The molecule has 2 rings (SSSR count). The Labute approximate surface area is 151 Å². The fourth-order valence-corrected chi connectivity index (χ4v) is 3.37. The topological polar surface area (TPSA) is 66.4 Å². The van der Waals surface area contributed by atoms with E-state index in [1.165, 1.54) is 0 Å². The first-order valence-corrected chi connectivity index (χ1v) is 9.62. The van der Waals surface area contributed by atoms with Crippen LogP contribution in [-0.2, 0) is 14.3 Å². The zero-order chi connectivity index (χ0) is 17.9. The molecule has 1 unspecified atom stereocenters. The zero-order valence-corrected chi connectivity index (χ0v) is 15.8. The summed E-state index contributed by atoms with van der Waals surface area (Å²) in [5.41, 5.74) is 0. The van der Waals surface area contributed by atoms with E-state index in [0.717, 1.165) is 71.1 Å². The molecule has 2 saturated heterocycles. The molecule has 0 aromatic heterocycles. The second-order valence-corrected chi connectivity index (χ2v) is 6.74. The van der Waals surface area contributed by atoms with Crippen LogP contribution in [0, 0.1) is 5.92 Å². The number of guanidine groups is 1. The van der Waals surface area contributed by atoms with Crippen molar-refractivity contribution >= 4 is 11.9 Å². The molecule has 1 atom stereocenters. The van der Waals surface area contributed by atoms with Crippen molar-refractivity contribution < 1.29 is 14.3 Å². The van der Waals surface area contributed by atoms with Crippen LogP contribution in [0.2, 0.25) is 0 Å². The van der Waals surface area contributed by atoms with Crippen LogP contribution in [0.5, 0.6) is 0 Å². The standard InChI is InChI=1S/C18H34N4O3/c1-3-19-18(20-8-5-10-21-9-4-6-17(21)23)22-11-7-16(14-22)15-25-13-12-24-2/h16H,3-15H2,1-2H3,(H,19,20). The Balaban J connectivity index is 1.70. The van der Waals surface area contributed by atoms with E-state index < -0.39 is 0 Å². The van der Waals surface area contributed by atoms with Gasteiger partial charge >= 0.3 is 0 Å². The van der Waals surface area contributed by atoms with E-state index in [1.54, 1.807) is 7.11 Å². The predicted octanol–water partition coefficient (Wildman–Crippen LogP) is 0.949. The summed E-state index contributed by atoms with van der Waals surface area (Å²) in [6.07, 6.45) is 3.79. The molecule has 0 bridgehead atoms. The van der Waals surface area contributed by atoms with Gasteiger partial charge in [-0.05, 0) is 26.2 Å². The fraction of sp³-hybridized carbons (Fsp3) is 0.889. The SMILES string of the molecule is CCNC(=NCCCN1CCCC1=O)N1CCC(COCCOC)C1. The molecular weight excluding hydrogens is 320 g/mol. The average Bonchev–Trinajstić information content (AvgIpc) is 3.24. The third-order valence-electron chi connectivity index (χ3n) is 4.72. The molecule has 0 saturated carbocycles. The molecular formula is C18H34N4O3. The van der Waals surface area contributed by atoms with Crippen LogP contribution in [0.1, 0.15) is 32.6 Å². The summed E-state index contributed by atoms with van der Waals surface area (Å²) in [6, 6.07) is 0. The van der Waals surface area contributed by atoms with E-state index in [4.69, 9.17) is 14.5 Å². The van der Waals surface area contributed by atoms with Crippen molar-refractivity contribution in [2.75, 3.05) is 66.2 Å². The first-order valence-electron chi connectivity index (χ1n) is 9.62. The minimum Gasteiger partial charge on any atom is -0.382 e. The Kier molecular flexibility index (Phi) is 9.04. The third-order valence-corrected chi connectivity index (χ3v) is 4.72. The summed E-state index contributed by atoms with van der Waals surface area (Å²) in [5, 5.41) is 3.39. The van der Waals surface area contributed by atoms with Gasteiger partial charge in [0, 0.05) is 58.7 Å². The normalized spacial score (nSPS) is 21.4. The molecule has 7 heteroatoms. The van der Waals surface area contributed by atoms with E-state index in [2.05, 4.69) is 17.1 Å². The lowest BCUT2D eigenvalue weighted by atomic mass is 10.1. The lowest BCUT2D eigenvalue weighted by Gasteiger charge is -2.22. The number of carbonyl (C=O) groups excluding carboxylic acids is 1. The molecule has 2 fully saturated rings. The number of hydrogen-bond donors (Lipinski definition) is 1. The van der Waals surface area contributed by atoms with Gasteiger partial charge in [-0.1, -0.05) is 0 Å². The van der Waals surface area contributed by atoms with Crippen LogP contribution in [0.25, 0.3) is 0 Å². The van der Waals surface area contributed by atoms with Gasteiger partial charge in [0.15, 0.2) is 5.96 Å². The highest BCUT2D eigenvalue weighted by Gasteiger charge is 2.25. The summed E-state index contributed by atoms with van der Waals surface area (Å²) < 4.78 is 10.7. The smallest absolute Gasteiger partial charge is 0.222 e. The molecule has 0 aliphatic carbocycles. The number of likely N-dealkylation sites (tertiary alicyclic amines) is 2. The number of carbonyl (C=O) groups is 1. The van der Waals surface area contributed by atoms with Gasteiger partial charge in [-0.2, -0.15) is 0 Å².